The highest BCUT2D eigenvalue weighted by molar-refractivity contribution is 5.85. The Morgan fingerprint density at radius 1 is 1.05 bits per heavy atom. The van der Waals surface area contributed by atoms with Crippen molar-refractivity contribution >= 4 is 11.9 Å². The lowest BCUT2D eigenvalue weighted by molar-refractivity contribution is -0.137. The molecule has 4 heteroatoms. The first-order chi connectivity index (χ1) is 10.1. The molecule has 4 nitrogen and oxygen atoms in total. The summed E-state index contributed by atoms with van der Waals surface area (Å²) in [5.74, 6) is -1.30. The highest BCUT2D eigenvalue weighted by Gasteiger charge is 2.21. The van der Waals surface area contributed by atoms with Gasteiger partial charge in [-0.3, -0.25) is 9.59 Å². The van der Waals surface area contributed by atoms with Crippen LogP contribution in [-0.4, -0.2) is 23.5 Å². The fourth-order valence-electron chi connectivity index (χ4n) is 2.80. The van der Waals surface area contributed by atoms with Gasteiger partial charge in [0, 0.05) is 0 Å². The Morgan fingerprint density at radius 3 is 2.62 bits per heavy atom. The molecule has 0 atom stereocenters. The second-order valence-corrected chi connectivity index (χ2v) is 5.12. The minimum Gasteiger partial charge on any atom is -0.480 e. The molecule has 1 amide bonds. The van der Waals surface area contributed by atoms with E-state index in [0.717, 1.165) is 12.0 Å². The Kier molecular flexibility index (Phi) is 3.44. The van der Waals surface area contributed by atoms with Gasteiger partial charge in [0.15, 0.2) is 0 Å². The van der Waals surface area contributed by atoms with Crippen LogP contribution in [0.3, 0.4) is 0 Å². The number of benzene rings is 2. The fourth-order valence-corrected chi connectivity index (χ4v) is 2.80. The van der Waals surface area contributed by atoms with Gasteiger partial charge in [-0.25, -0.2) is 0 Å². The number of fused-ring (bicyclic) bond motifs is 3. The van der Waals surface area contributed by atoms with E-state index < -0.39 is 5.97 Å². The fraction of sp³-hybridized carbons (Fsp3) is 0.176. The molecule has 2 N–H and O–H groups in total. The van der Waals surface area contributed by atoms with Crippen molar-refractivity contribution < 1.29 is 14.7 Å². The molecule has 0 bridgehead atoms. The Morgan fingerprint density at radius 2 is 1.81 bits per heavy atom. The van der Waals surface area contributed by atoms with Gasteiger partial charge >= 0.3 is 5.97 Å². The van der Waals surface area contributed by atoms with E-state index in [9.17, 15) is 9.59 Å². The van der Waals surface area contributed by atoms with Gasteiger partial charge in [-0.1, -0.05) is 42.5 Å². The maximum atomic E-state index is 11.8. The van der Waals surface area contributed by atoms with E-state index in [-0.39, 0.29) is 18.9 Å². The number of hydrogen-bond acceptors (Lipinski definition) is 2. The van der Waals surface area contributed by atoms with E-state index in [0.29, 0.717) is 0 Å². The maximum absolute atomic E-state index is 11.8. The summed E-state index contributed by atoms with van der Waals surface area (Å²) >= 11 is 0. The summed E-state index contributed by atoms with van der Waals surface area (Å²) in [6.45, 7) is -0.339. The molecular weight excluding hydrogens is 266 g/mol. The summed E-state index contributed by atoms with van der Waals surface area (Å²) in [7, 11) is 0. The minimum atomic E-state index is -1.03. The highest BCUT2D eigenvalue weighted by atomic mass is 16.4. The van der Waals surface area contributed by atoms with Crippen molar-refractivity contribution in [2.75, 3.05) is 6.54 Å². The zero-order chi connectivity index (χ0) is 14.8. The van der Waals surface area contributed by atoms with Crippen molar-refractivity contribution in [3.8, 4) is 11.1 Å². The summed E-state index contributed by atoms with van der Waals surface area (Å²) in [4.78, 5) is 22.3. The van der Waals surface area contributed by atoms with Gasteiger partial charge in [-0.15, -0.1) is 0 Å². The summed E-state index contributed by atoms with van der Waals surface area (Å²) in [6, 6.07) is 14.2. The molecule has 0 unspecified atom stereocenters. The first-order valence-corrected chi connectivity index (χ1v) is 6.82. The molecule has 2 aromatic rings. The van der Waals surface area contributed by atoms with Crippen LogP contribution < -0.4 is 5.32 Å². The second kappa shape index (κ2) is 5.40. The summed E-state index contributed by atoms with van der Waals surface area (Å²) in [6.07, 6.45) is 1.04. The highest BCUT2D eigenvalue weighted by Crippen LogP contribution is 2.38. The minimum absolute atomic E-state index is 0.213. The predicted molar refractivity (Wildman–Crippen MR) is 79.0 cm³/mol. The molecule has 0 radical (unpaired) electrons. The summed E-state index contributed by atoms with van der Waals surface area (Å²) < 4.78 is 0. The number of hydrogen-bond donors (Lipinski definition) is 2. The lowest BCUT2D eigenvalue weighted by atomic mass is 9.99. The van der Waals surface area contributed by atoms with Crippen LogP contribution >= 0.6 is 0 Å². The number of carbonyl (C=O) groups is 2. The molecule has 21 heavy (non-hydrogen) atoms. The van der Waals surface area contributed by atoms with Gasteiger partial charge in [0.25, 0.3) is 0 Å². The number of aliphatic carboxylic acids is 1. The first kappa shape index (κ1) is 13.4. The van der Waals surface area contributed by atoms with Crippen molar-refractivity contribution in [2.45, 2.75) is 12.8 Å². The number of amides is 1. The van der Waals surface area contributed by atoms with Crippen molar-refractivity contribution in [2.24, 2.45) is 0 Å². The van der Waals surface area contributed by atoms with Gasteiger partial charge in [-0.05, 0) is 34.2 Å². The molecule has 3 rings (SSSR count). The summed E-state index contributed by atoms with van der Waals surface area (Å²) in [5, 5.41) is 11.0. The van der Waals surface area contributed by atoms with Crippen LogP contribution in [0.15, 0.2) is 42.5 Å². The van der Waals surface area contributed by atoms with Crippen LogP contribution in [-0.2, 0) is 22.4 Å². The molecule has 0 saturated heterocycles. The van der Waals surface area contributed by atoms with Crippen LogP contribution in [0.5, 0.6) is 0 Å². The predicted octanol–water partition coefficient (Wildman–Crippen LogP) is 2.00. The Hall–Kier alpha value is -2.62. The van der Waals surface area contributed by atoms with Crippen LogP contribution in [0.1, 0.15) is 16.7 Å². The Bertz CT molecular complexity index is 722. The van der Waals surface area contributed by atoms with E-state index in [1.807, 2.05) is 24.3 Å². The second-order valence-electron chi connectivity index (χ2n) is 5.12. The number of carbonyl (C=O) groups excluding carboxylic acids is 1. The van der Waals surface area contributed by atoms with Gasteiger partial charge in [0.05, 0.1) is 6.42 Å². The van der Waals surface area contributed by atoms with E-state index in [1.165, 1.54) is 22.3 Å². The monoisotopic (exact) mass is 281 g/mol. The molecule has 0 heterocycles. The van der Waals surface area contributed by atoms with Gasteiger partial charge in [0.1, 0.15) is 6.54 Å². The molecule has 1 aliphatic rings. The standard InChI is InChI=1S/C17H15NO3/c19-16(18-10-17(20)21)9-12-5-3-7-14-13-6-2-1-4-11(13)8-15(12)14/h1-7H,8-10H2,(H,18,19)(H,20,21). The van der Waals surface area contributed by atoms with Crippen molar-refractivity contribution in [1.82, 2.24) is 5.32 Å². The molecule has 0 aliphatic heterocycles. The lowest BCUT2D eigenvalue weighted by Gasteiger charge is -2.08. The molecule has 0 saturated carbocycles. The SMILES string of the molecule is O=C(O)CNC(=O)Cc1cccc2c1Cc1ccccc1-2. The van der Waals surface area contributed by atoms with Crippen molar-refractivity contribution in [3.05, 3.63) is 59.2 Å². The molecule has 106 valence electrons. The number of nitrogens with one attached hydrogen (secondary N) is 1. The quantitative estimate of drug-likeness (QED) is 0.768. The van der Waals surface area contributed by atoms with E-state index in [4.69, 9.17) is 5.11 Å². The zero-order valence-corrected chi connectivity index (χ0v) is 11.4. The number of carboxylic acids is 1. The normalized spacial score (nSPS) is 11.6. The summed E-state index contributed by atoms with van der Waals surface area (Å²) in [5.41, 5.74) is 5.80. The van der Waals surface area contributed by atoms with Gasteiger partial charge in [-0.2, -0.15) is 0 Å². The number of carboxylic acid groups (broad SMARTS) is 1. The molecule has 1 aliphatic carbocycles. The average Bonchev–Trinajstić information content (AvgIpc) is 2.85. The van der Waals surface area contributed by atoms with Crippen LogP contribution in [0.25, 0.3) is 11.1 Å². The van der Waals surface area contributed by atoms with E-state index >= 15 is 0 Å². The van der Waals surface area contributed by atoms with Crippen LogP contribution in [0.2, 0.25) is 0 Å². The van der Waals surface area contributed by atoms with Crippen LogP contribution in [0, 0.1) is 0 Å². The third kappa shape index (κ3) is 2.65. The molecular formula is C17H15NO3. The van der Waals surface area contributed by atoms with Crippen molar-refractivity contribution in [1.29, 1.82) is 0 Å². The Labute approximate surface area is 122 Å². The van der Waals surface area contributed by atoms with Gasteiger partial charge < -0.3 is 10.4 Å². The van der Waals surface area contributed by atoms with E-state index in [1.54, 1.807) is 0 Å². The molecule has 0 spiro atoms. The first-order valence-electron chi connectivity index (χ1n) is 6.82. The smallest absolute Gasteiger partial charge is 0.322 e. The Balaban J connectivity index is 1.83. The molecule has 0 aromatic heterocycles. The van der Waals surface area contributed by atoms with Crippen LogP contribution in [0.4, 0.5) is 0 Å². The molecule has 2 aromatic carbocycles. The third-order valence-corrected chi connectivity index (χ3v) is 3.74. The lowest BCUT2D eigenvalue weighted by Crippen LogP contribution is -2.30. The topological polar surface area (TPSA) is 66.4 Å². The van der Waals surface area contributed by atoms with E-state index in [2.05, 4.69) is 23.5 Å². The maximum Gasteiger partial charge on any atom is 0.322 e. The zero-order valence-electron chi connectivity index (χ0n) is 11.4. The average molecular weight is 281 g/mol. The third-order valence-electron chi connectivity index (χ3n) is 3.74. The number of rotatable bonds is 4. The molecule has 0 fully saturated rings. The largest absolute Gasteiger partial charge is 0.480 e. The van der Waals surface area contributed by atoms with Gasteiger partial charge in [0.2, 0.25) is 5.91 Å². The van der Waals surface area contributed by atoms with Crippen molar-refractivity contribution in [3.63, 3.8) is 0 Å².